The first kappa shape index (κ1) is 18.2. The summed E-state index contributed by atoms with van der Waals surface area (Å²) >= 11 is 6.29. The first-order valence-electron chi connectivity index (χ1n) is 8.77. The Morgan fingerprint density at radius 3 is 2.68 bits per heavy atom. The highest BCUT2D eigenvalue weighted by Gasteiger charge is 2.26. The van der Waals surface area contributed by atoms with E-state index in [2.05, 4.69) is 5.32 Å². The summed E-state index contributed by atoms with van der Waals surface area (Å²) in [4.78, 5) is 26.6. The summed E-state index contributed by atoms with van der Waals surface area (Å²) in [5.41, 5.74) is 7.00. The number of nitrogens with two attached hydrogens (primary N) is 1. The number of ether oxygens (including phenoxy) is 1. The number of amides is 2. The molecular weight excluding hydrogens is 342 g/mol. The summed E-state index contributed by atoms with van der Waals surface area (Å²) < 4.78 is 5.26. The molecule has 0 radical (unpaired) electrons. The predicted molar refractivity (Wildman–Crippen MR) is 96.7 cm³/mol. The number of carbonyl (C=O) groups is 2. The van der Waals surface area contributed by atoms with Crippen molar-refractivity contribution in [1.29, 1.82) is 0 Å². The van der Waals surface area contributed by atoms with Gasteiger partial charge in [0.2, 0.25) is 5.91 Å². The fourth-order valence-electron chi connectivity index (χ4n) is 3.41. The molecule has 1 saturated heterocycles. The standard InChI is InChI=1S/C18H24ClN3O3/c19-16-11-14(21-17(23)12-2-1-3-13(20)10-12)4-5-15(16)18(24)22-6-8-25-9-7-22/h4-5,11-13H,1-3,6-10,20H2,(H,21,23). The van der Waals surface area contributed by atoms with Crippen molar-refractivity contribution in [3.63, 3.8) is 0 Å². The second kappa shape index (κ2) is 8.17. The number of nitrogens with one attached hydrogen (secondary N) is 1. The van der Waals surface area contributed by atoms with Crippen LogP contribution in [-0.2, 0) is 9.53 Å². The van der Waals surface area contributed by atoms with E-state index >= 15 is 0 Å². The molecule has 1 aromatic carbocycles. The minimum absolute atomic E-state index is 0.0292. The minimum atomic E-state index is -0.107. The van der Waals surface area contributed by atoms with E-state index < -0.39 is 0 Å². The lowest BCUT2D eigenvalue weighted by Crippen LogP contribution is -2.40. The van der Waals surface area contributed by atoms with Crippen LogP contribution in [0.3, 0.4) is 0 Å². The quantitative estimate of drug-likeness (QED) is 0.860. The number of carbonyl (C=O) groups excluding carboxylic acids is 2. The molecule has 2 atom stereocenters. The number of morpholine rings is 1. The normalized spacial score (nSPS) is 24.0. The highest BCUT2D eigenvalue weighted by atomic mass is 35.5. The van der Waals surface area contributed by atoms with Gasteiger partial charge in [0, 0.05) is 30.7 Å². The highest BCUT2D eigenvalue weighted by Crippen LogP contribution is 2.26. The van der Waals surface area contributed by atoms with E-state index in [1.807, 2.05) is 0 Å². The lowest BCUT2D eigenvalue weighted by atomic mass is 9.85. The number of hydrogen-bond acceptors (Lipinski definition) is 4. The predicted octanol–water partition coefficient (Wildman–Crippen LogP) is 2.27. The van der Waals surface area contributed by atoms with Gasteiger partial charge >= 0.3 is 0 Å². The number of halogens is 1. The van der Waals surface area contributed by atoms with E-state index in [1.54, 1.807) is 23.1 Å². The van der Waals surface area contributed by atoms with Crippen molar-refractivity contribution in [1.82, 2.24) is 4.90 Å². The molecule has 2 amide bonds. The number of anilines is 1. The molecule has 1 aromatic rings. The molecular formula is C18H24ClN3O3. The molecule has 3 rings (SSSR count). The fraction of sp³-hybridized carbons (Fsp3) is 0.556. The summed E-state index contributed by atoms with van der Waals surface area (Å²) in [7, 11) is 0. The van der Waals surface area contributed by atoms with Gasteiger partial charge in [-0.1, -0.05) is 18.0 Å². The maximum Gasteiger partial charge on any atom is 0.255 e. The van der Waals surface area contributed by atoms with E-state index in [1.165, 1.54) is 0 Å². The molecule has 25 heavy (non-hydrogen) atoms. The fourth-order valence-corrected chi connectivity index (χ4v) is 3.67. The largest absolute Gasteiger partial charge is 0.378 e. The Morgan fingerprint density at radius 1 is 1.24 bits per heavy atom. The van der Waals surface area contributed by atoms with Gasteiger partial charge in [-0.05, 0) is 37.5 Å². The van der Waals surface area contributed by atoms with Crippen LogP contribution in [0.2, 0.25) is 5.02 Å². The van der Waals surface area contributed by atoms with Crippen LogP contribution >= 0.6 is 11.6 Å². The van der Waals surface area contributed by atoms with Gasteiger partial charge in [-0.3, -0.25) is 9.59 Å². The molecule has 2 fully saturated rings. The van der Waals surface area contributed by atoms with Crippen LogP contribution in [0.5, 0.6) is 0 Å². The monoisotopic (exact) mass is 365 g/mol. The van der Waals surface area contributed by atoms with Gasteiger partial charge in [0.1, 0.15) is 0 Å². The zero-order valence-electron chi connectivity index (χ0n) is 14.2. The van der Waals surface area contributed by atoms with Crippen LogP contribution in [0.15, 0.2) is 18.2 Å². The van der Waals surface area contributed by atoms with Crippen LogP contribution in [0, 0.1) is 5.92 Å². The van der Waals surface area contributed by atoms with E-state index in [9.17, 15) is 9.59 Å². The van der Waals surface area contributed by atoms with Crippen LogP contribution < -0.4 is 11.1 Å². The van der Waals surface area contributed by atoms with Crippen molar-refractivity contribution < 1.29 is 14.3 Å². The summed E-state index contributed by atoms with van der Waals surface area (Å²) in [6.07, 6.45) is 3.54. The van der Waals surface area contributed by atoms with E-state index in [4.69, 9.17) is 22.1 Å². The van der Waals surface area contributed by atoms with Crippen LogP contribution in [0.4, 0.5) is 5.69 Å². The third-order valence-corrected chi connectivity index (χ3v) is 5.16. The molecule has 0 aromatic heterocycles. The van der Waals surface area contributed by atoms with Gasteiger partial charge < -0.3 is 20.7 Å². The van der Waals surface area contributed by atoms with Crippen molar-refractivity contribution >= 4 is 29.1 Å². The Kier molecular flexibility index (Phi) is 5.93. The van der Waals surface area contributed by atoms with Crippen molar-refractivity contribution in [3.05, 3.63) is 28.8 Å². The van der Waals surface area contributed by atoms with Gasteiger partial charge in [-0.25, -0.2) is 0 Å². The molecule has 2 unspecified atom stereocenters. The Balaban J connectivity index is 1.65. The van der Waals surface area contributed by atoms with Crippen LogP contribution in [0.25, 0.3) is 0 Å². The lowest BCUT2D eigenvalue weighted by Gasteiger charge is -2.27. The summed E-state index contributed by atoms with van der Waals surface area (Å²) in [5, 5.41) is 3.24. The molecule has 2 aliphatic rings. The van der Waals surface area contributed by atoms with Crippen LogP contribution in [0.1, 0.15) is 36.0 Å². The van der Waals surface area contributed by atoms with Gasteiger partial charge in [-0.15, -0.1) is 0 Å². The van der Waals surface area contributed by atoms with Crippen molar-refractivity contribution in [3.8, 4) is 0 Å². The second-order valence-corrected chi connectivity index (χ2v) is 7.12. The van der Waals surface area contributed by atoms with Gasteiger partial charge in [0.05, 0.1) is 23.8 Å². The minimum Gasteiger partial charge on any atom is -0.378 e. The maximum atomic E-state index is 12.5. The molecule has 7 heteroatoms. The smallest absolute Gasteiger partial charge is 0.255 e. The topological polar surface area (TPSA) is 84.7 Å². The average Bonchev–Trinajstić information content (AvgIpc) is 2.62. The van der Waals surface area contributed by atoms with Crippen molar-refractivity contribution in [2.75, 3.05) is 31.6 Å². The second-order valence-electron chi connectivity index (χ2n) is 6.71. The summed E-state index contributed by atoms with van der Waals surface area (Å²) in [6.45, 7) is 2.22. The lowest BCUT2D eigenvalue weighted by molar-refractivity contribution is -0.120. The summed E-state index contributed by atoms with van der Waals surface area (Å²) in [6, 6.07) is 5.12. The Bertz CT molecular complexity index is 646. The van der Waals surface area contributed by atoms with E-state index in [0.717, 1.165) is 19.3 Å². The molecule has 1 saturated carbocycles. The third kappa shape index (κ3) is 4.51. The average molecular weight is 366 g/mol. The molecule has 0 spiro atoms. The van der Waals surface area contributed by atoms with Gasteiger partial charge in [-0.2, -0.15) is 0 Å². The van der Waals surface area contributed by atoms with Crippen LogP contribution in [-0.4, -0.2) is 49.1 Å². The van der Waals surface area contributed by atoms with Gasteiger partial charge in [0.15, 0.2) is 0 Å². The Hall–Kier alpha value is -1.63. The number of hydrogen-bond donors (Lipinski definition) is 2. The van der Waals surface area contributed by atoms with Gasteiger partial charge in [0.25, 0.3) is 5.91 Å². The molecule has 136 valence electrons. The maximum absolute atomic E-state index is 12.5. The summed E-state index contributed by atoms with van der Waals surface area (Å²) in [5.74, 6) is -0.194. The molecule has 3 N–H and O–H groups in total. The molecule has 1 aliphatic heterocycles. The first-order chi connectivity index (χ1) is 12.0. The van der Waals surface area contributed by atoms with E-state index in [-0.39, 0.29) is 23.8 Å². The highest BCUT2D eigenvalue weighted by molar-refractivity contribution is 6.34. The SMILES string of the molecule is NC1CCCC(C(=O)Nc2ccc(C(=O)N3CCOCC3)c(Cl)c2)C1. The zero-order chi connectivity index (χ0) is 17.8. The van der Waals surface area contributed by atoms with Crippen molar-refractivity contribution in [2.24, 2.45) is 11.7 Å². The molecule has 0 bridgehead atoms. The number of nitrogens with zero attached hydrogens (tertiary/aromatic N) is 1. The Labute approximate surface area is 152 Å². The van der Waals surface area contributed by atoms with E-state index in [0.29, 0.717) is 49.0 Å². The number of benzene rings is 1. The Morgan fingerprint density at radius 2 is 2.00 bits per heavy atom. The molecule has 6 nitrogen and oxygen atoms in total. The third-order valence-electron chi connectivity index (χ3n) is 4.85. The first-order valence-corrected chi connectivity index (χ1v) is 9.15. The van der Waals surface area contributed by atoms with Crippen molar-refractivity contribution in [2.45, 2.75) is 31.7 Å². The molecule has 1 aliphatic carbocycles. The molecule has 1 heterocycles. The number of rotatable bonds is 3. The zero-order valence-corrected chi connectivity index (χ0v) is 14.9.